The molecule has 0 aliphatic heterocycles. The number of nitrogens with zero attached hydrogens (tertiary/aromatic N) is 3. The Kier molecular flexibility index (Phi) is 4.79. The van der Waals surface area contributed by atoms with Crippen LogP contribution in [-0.4, -0.2) is 19.9 Å². The van der Waals surface area contributed by atoms with Crippen LogP contribution >= 0.6 is 0 Å². The average Bonchev–Trinajstić information content (AvgIpc) is 3.39. The highest BCUT2D eigenvalue weighted by Gasteiger charge is 2.20. The number of hydrogen-bond acceptors (Lipinski definition) is 3. The summed E-state index contributed by atoms with van der Waals surface area (Å²) in [5, 5.41) is 4.56. The van der Waals surface area contributed by atoms with Crippen LogP contribution in [0.4, 0.5) is 0 Å². The summed E-state index contributed by atoms with van der Waals surface area (Å²) in [6.07, 6.45) is 5.85. The van der Waals surface area contributed by atoms with Crippen LogP contribution < -0.4 is 0 Å². The van der Waals surface area contributed by atoms with Crippen molar-refractivity contribution in [2.75, 3.05) is 0 Å². The van der Waals surface area contributed by atoms with Crippen molar-refractivity contribution in [2.45, 2.75) is 0 Å². The summed E-state index contributed by atoms with van der Waals surface area (Å²) in [6.45, 7) is 0. The predicted molar refractivity (Wildman–Crippen MR) is 161 cm³/mol. The van der Waals surface area contributed by atoms with Crippen molar-refractivity contribution in [3.05, 3.63) is 128 Å². The van der Waals surface area contributed by atoms with E-state index in [1.165, 1.54) is 5.39 Å². The Balaban J connectivity index is 1.47. The van der Waals surface area contributed by atoms with E-state index in [1.54, 1.807) is 0 Å². The van der Waals surface area contributed by atoms with Gasteiger partial charge < -0.3 is 4.98 Å². The van der Waals surface area contributed by atoms with Crippen molar-refractivity contribution >= 4 is 43.6 Å². The second-order valence-corrected chi connectivity index (χ2v) is 9.81. The van der Waals surface area contributed by atoms with Gasteiger partial charge in [0.2, 0.25) is 0 Å². The Labute approximate surface area is 224 Å². The fourth-order valence-electron chi connectivity index (χ4n) is 5.69. The first kappa shape index (κ1) is 21.7. The maximum atomic E-state index is 5.00. The molecule has 0 bridgehead atoms. The summed E-state index contributed by atoms with van der Waals surface area (Å²) in [6, 6.07) is 37.9. The molecule has 0 saturated heterocycles. The maximum absolute atomic E-state index is 5.00. The molecule has 1 N–H and O–H groups in total. The molecule has 0 unspecified atom stereocenters. The number of aromatic amines is 1. The van der Waals surface area contributed by atoms with E-state index in [9.17, 15) is 0 Å². The fraction of sp³-hybridized carbons (Fsp3) is 0. The molecule has 8 aromatic rings. The minimum atomic E-state index is 0.913. The minimum absolute atomic E-state index is 0.913. The highest BCUT2D eigenvalue weighted by molar-refractivity contribution is 6.13. The predicted octanol–water partition coefficient (Wildman–Crippen LogP) is 8.81. The first-order valence-electron chi connectivity index (χ1n) is 13.0. The normalized spacial score (nSPS) is 11.6. The van der Waals surface area contributed by atoms with Crippen molar-refractivity contribution in [1.82, 2.24) is 19.9 Å². The summed E-state index contributed by atoms with van der Waals surface area (Å²) < 4.78 is 0. The van der Waals surface area contributed by atoms with Gasteiger partial charge in [-0.2, -0.15) is 0 Å². The zero-order chi connectivity index (χ0) is 25.8. The number of rotatable bonds is 3. The molecule has 8 rings (SSSR count). The van der Waals surface area contributed by atoms with Gasteiger partial charge in [-0.3, -0.25) is 15.0 Å². The summed E-state index contributed by atoms with van der Waals surface area (Å²) in [4.78, 5) is 18.2. The number of nitrogens with one attached hydrogen (secondary N) is 1. The van der Waals surface area contributed by atoms with Gasteiger partial charge >= 0.3 is 0 Å². The molecule has 0 radical (unpaired) electrons. The molecule has 4 aromatic heterocycles. The first-order chi connectivity index (χ1) is 19.3. The molecular formula is C35H22N4. The third-order valence-electron chi connectivity index (χ3n) is 7.53. The molecule has 0 saturated carbocycles. The second-order valence-electron chi connectivity index (χ2n) is 9.81. The number of fused-ring (bicyclic) bond motifs is 5. The van der Waals surface area contributed by atoms with Gasteiger partial charge in [-0.05, 0) is 47.5 Å². The molecule has 0 aliphatic rings. The van der Waals surface area contributed by atoms with E-state index in [2.05, 4.69) is 89.9 Å². The zero-order valence-corrected chi connectivity index (χ0v) is 21.0. The summed E-state index contributed by atoms with van der Waals surface area (Å²) in [5.41, 5.74) is 10.3. The number of pyridine rings is 3. The van der Waals surface area contributed by atoms with E-state index in [0.29, 0.717) is 0 Å². The van der Waals surface area contributed by atoms with Crippen LogP contribution in [0.15, 0.2) is 128 Å². The molecular weight excluding hydrogens is 476 g/mol. The average molecular weight is 499 g/mol. The summed E-state index contributed by atoms with van der Waals surface area (Å²) >= 11 is 0. The molecule has 0 atom stereocenters. The summed E-state index contributed by atoms with van der Waals surface area (Å²) in [5.74, 6) is 0. The Hall–Kier alpha value is -5.35. The van der Waals surface area contributed by atoms with Crippen molar-refractivity contribution in [2.24, 2.45) is 0 Å². The Morgan fingerprint density at radius 2 is 1.13 bits per heavy atom. The van der Waals surface area contributed by atoms with Crippen molar-refractivity contribution < 1.29 is 0 Å². The highest BCUT2D eigenvalue weighted by atomic mass is 14.8. The number of H-pyrrole nitrogens is 1. The Morgan fingerprint density at radius 3 is 1.82 bits per heavy atom. The van der Waals surface area contributed by atoms with Gasteiger partial charge in [0.25, 0.3) is 0 Å². The lowest BCUT2D eigenvalue weighted by Crippen LogP contribution is -1.95. The molecule has 0 aliphatic carbocycles. The lowest BCUT2D eigenvalue weighted by molar-refractivity contribution is 1.33. The van der Waals surface area contributed by atoms with E-state index < -0.39 is 0 Å². The van der Waals surface area contributed by atoms with Gasteiger partial charge in [0.1, 0.15) is 0 Å². The van der Waals surface area contributed by atoms with Crippen LogP contribution in [0.5, 0.6) is 0 Å². The minimum Gasteiger partial charge on any atom is -0.353 e. The standard InChI is InChI=1S/C35H22N4/c1-4-13-30-22(8-1)18-24(20-37-30)26-11-7-12-27(25-19-23-9-2-5-14-31(23)38-21-25)33(26)35-34-29(16-17-36-35)28-10-3-6-15-32(28)39-34/h1-21,39H. The number of para-hydroxylation sites is 3. The summed E-state index contributed by atoms with van der Waals surface area (Å²) in [7, 11) is 0. The maximum Gasteiger partial charge on any atom is 0.0955 e. The lowest BCUT2D eigenvalue weighted by atomic mass is 9.89. The van der Waals surface area contributed by atoms with Gasteiger partial charge in [-0.15, -0.1) is 0 Å². The van der Waals surface area contributed by atoms with E-state index in [1.807, 2.05) is 42.9 Å². The van der Waals surface area contributed by atoms with Gasteiger partial charge in [0.15, 0.2) is 0 Å². The monoisotopic (exact) mass is 498 g/mol. The Morgan fingerprint density at radius 1 is 0.513 bits per heavy atom. The van der Waals surface area contributed by atoms with Crippen LogP contribution in [0.1, 0.15) is 0 Å². The molecule has 182 valence electrons. The van der Waals surface area contributed by atoms with Crippen LogP contribution in [0.2, 0.25) is 0 Å². The van der Waals surface area contributed by atoms with Crippen LogP contribution in [0.3, 0.4) is 0 Å². The van der Waals surface area contributed by atoms with E-state index in [-0.39, 0.29) is 0 Å². The van der Waals surface area contributed by atoms with Crippen LogP contribution in [0, 0.1) is 0 Å². The molecule has 0 fully saturated rings. The number of hydrogen-bond donors (Lipinski definition) is 1. The van der Waals surface area contributed by atoms with E-state index in [4.69, 9.17) is 15.0 Å². The largest absolute Gasteiger partial charge is 0.353 e. The lowest BCUT2D eigenvalue weighted by Gasteiger charge is -2.16. The van der Waals surface area contributed by atoms with Crippen molar-refractivity contribution in [3.63, 3.8) is 0 Å². The SMILES string of the molecule is c1cc(-c2cnc3ccccc3c2)c(-c2nccc3c2[nH]c2ccccc23)c(-c2cnc3ccccc3c2)c1. The molecule has 4 heteroatoms. The van der Waals surface area contributed by atoms with Crippen LogP contribution in [-0.2, 0) is 0 Å². The molecule has 0 spiro atoms. The number of aromatic nitrogens is 4. The molecule has 4 nitrogen and oxygen atoms in total. The molecule has 0 amide bonds. The van der Waals surface area contributed by atoms with Crippen molar-refractivity contribution in [1.29, 1.82) is 0 Å². The first-order valence-corrected chi connectivity index (χ1v) is 13.0. The third kappa shape index (κ3) is 3.50. The van der Waals surface area contributed by atoms with Gasteiger partial charge in [-0.25, -0.2) is 0 Å². The quantitative estimate of drug-likeness (QED) is 0.265. The number of benzene rings is 4. The fourth-order valence-corrected chi connectivity index (χ4v) is 5.69. The molecule has 4 aromatic carbocycles. The zero-order valence-electron chi connectivity index (χ0n) is 21.0. The van der Waals surface area contributed by atoms with Gasteiger partial charge in [0.05, 0.1) is 22.2 Å². The molecule has 39 heavy (non-hydrogen) atoms. The van der Waals surface area contributed by atoms with Crippen molar-refractivity contribution in [3.8, 4) is 33.5 Å². The Bertz CT molecular complexity index is 2090. The van der Waals surface area contributed by atoms with Gasteiger partial charge in [0, 0.05) is 62.3 Å². The third-order valence-corrected chi connectivity index (χ3v) is 7.53. The van der Waals surface area contributed by atoms with E-state index >= 15 is 0 Å². The highest BCUT2D eigenvalue weighted by Crippen LogP contribution is 2.43. The van der Waals surface area contributed by atoms with E-state index in [0.717, 1.165) is 71.7 Å². The molecule has 4 heterocycles. The van der Waals surface area contributed by atoms with Crippen LogP contribution in [0.25, 0.3) is 77.1 Å². The smallest absolute Gasteiger partial charge is 0.0955 e. The topological polar surface area (TPSA) is 54.5 Å². The van der Waals surface area contributed by atoms with Gasteiger partial charge in [-0.1, -0.05) is 72.8 Å². The second kappa shape index (κ2) is 8.61.